The molecule has 7 nitrogen and oxygen atoms in total. The van der Waals surface area contributed by atoms with E-state index in [-0.39, 0.29) is 6.42 Å². The van der Waals surface area contributed by atoms with Crippen molar-refractivity contribution in [3.8, 4) is 6.07 Å². The molecule has 9 heteroatoms. The summed E-state index contributed by atoms with van der Waals surface area (Å²) in [5.74, 6) is -1.45. The van der Waals surface area contributed by atoms with E-state index in [0.717, 1.165) is 5.69 Å². The van der Waals surface area contributed by atoms with Crippen LogP contribution in [-0.4, -0.2) is 23.0 Å². The van der Waals surface area contributed by atoms with Crippen molar-refractivity contribution in [1.29, 1.82) is 5.26 Å². The number of rotatable bonds is 6. The first-order valence-corrected chi connectivity index (χ1v) is 10.0. The molecule has 4 N–H and O–H groups in total. The number of hydrogen-bond donors (Lipinski definition) is 4. The van der Waals surface area contributed by atoms with Gasteiger partial charge in [-0.1, -0.05) is 29.3 Å². The molecule has 1 aliphatic heterocycles. The summed E-state index contributed by atoms with van der Waals surface area (Å²) in [6.45, 7) is 0. The quantitative estimate of drug-likeness (QED) is 0.448. The van der Waals surface area contributed by atoms with Crippen molar-refractivity contribution >= 4 is 57.7 Å². The fourth-order valence-corrected chi connectivity index (χ4v) is 3.72. The first-order chi connectivity index (χ1) is 14.9. The summed E-state index contributed by atoms with van der Waals surface area (Å²) in [6.07, 6.45) is 5.13. The number of carboxylic acid groups (broad SMARTS) is 1. The summed E-state index contributed by atoms with van der Waals surface area (Å²) in [5.41, 5.74) is 2.89. The minimum Gasteiger partial charge on any atom is -0.480 e. The molecule has 1 atom stereocenters. The normalized spacial score (nSPS) is 16.3. The van der Waals surface area contributed by atoms with E-state index in [1.807, 2.05) is 6.07 Å². The van der Waals surface area contributed by atoms with E-state index in [4.69, 9.17) is 28.5 Å². The van der Waals surface area contributed by atoms with Gasteiger partial charge in [-0.25, -0.2) is 4.79 Å². The number of anilines is 3. The Morgan fingerprint density at radius 1 is 1.23 bits per heavy atom. The number of nitrogens with one attached hydrogen (secondary N) is 3. The zero-order valence-corrected chi connectivity index (χ0v) is 17.7. The van der Waals surface area contributed by atoms with Gasteiger partial charge in [0.05, 0.1) is 17.5 Å². The number of amides is 1. The molecule has 2 aromatic rings. The fraction of sp³-hybridized carbons (Fsp3) is 0.136. The second-order valence-corrected chi connectivity index (χ2v) is 7.54. The summed E-state index contributed by atoms with van der Waals surface area (Å²) >= 11 is 12.4. The molecule has 0 saturated heterocycles. The Bertz CT molecular complexity index is 1100. The van der Waals surface area contributed by atoms with Crippen molar-refractivity contribution in [2.45, 2.75) is 18.9 Å². The van der Waals surface area contributed by atoms with Crippen molar-refractivity contribution in [3.63, 3.8) is 0 Å². The zero-order valence-electron chi connectivity index (χ0n) is 16.2. The molecule has 158 valence electrons. The number of carbonyl (C=O) groups excluding carboxylic acids is 1. The molecule has 2 aromatic carbocycles. The van der Waals surface area contributed by atoms with E-state index in [9.17, 15) is 14.7 Å². The Morgan fingerprint density at radius 2 is 1.94 bits per heavy atom. The van der Waals surface area contributed by atoms with Crippen molar-refractivity contribution in [2.24, 2.45) is 0 Å². The van der Waals surface area contributed by atoms with Gasteiger partial charge in [0.1, 0.15) is 6.04 Å². The monoisotopic (exact) mass is 456 g/mol. The van der Waals surface area contributed by atoms with Crippen LogP contribution < -0.4 is 16.0 Å². The van der Waals surface area contributed by atoms with Crippen LogP contribution in [0.4, 0.5) is 17.1 Å². The van der Waals surface area contributed by atoms with Crippen molar-refractivity contribution in [3.05, 3.63) is 70.4 Å². The van der Waals surface area contributed by atoms with E-state index in [1.165, 1.54) is 6.08 Å². The number of aliphatic carboxylic acids is 1. The molecule has 0 saturated carbocycles. The van der Waals surface area contributed by atoms with Crippen LogP contribution in [0.3, 0.4) is 0 Å². The highest BCUT2D eigenvalue weighted by Gasteiger charge is 2.29. The van der Waals surface area contributed by atoms with E-state index in [2.05, 4.69) is 16.0 Å². The van der Waals surface area contributed by atoms with Crippen molar-refractivity contribution in [1.82, 2.24) is 0 Å². The summed E-state index contributed by atoms with van der Waals surface area (Å²) in [4.78, 5) is 24.1. The highest BCUT2D eigenvalue weighted by molar-refractivity contribution is 6.36. The third kappa shape index (κ3) is 5.79. The Morgan fingerprint density at radius 3 is 2.61 bits per heavy atom. The number of allylic oxidation sites excluding steroid dienone is 1. The molecule has 0 spiro atoms. The van der Waals surface area contributed by atoms with E-state index < -0.39 is 17.9 Å². The maximum absolute atomic E-state index is 12.6. The van der Waals surface area contributed by atoms with Crippen molar-refractivity contribution < 1.29 is 14.7 Å². The van der Waals surface area contributed by atoms with Crippen LogP contribution >= 0.6 is 23.2 Å². The molecule has 1 amide bonds. The molecule has 0 radical (unpaired) electrons. The molecule has 0 fully saturated rings. The standard InChI is InChI=1S/C22H18Cl2N4O3/c23-14-11-17(24)21-13(9-19(22(30)31)28-18(21)12-14)10-20(29)27-16-5-3-15(4-6-16)26-8-2-1-7-25/h2-6,8,10-12,19,26,28H,1,9H2,(H,27,29)(H,30,31)/b8-2+,13-10+. The van der Waals surface area contributed by atoms with Crippen LogP contribution in [0.5, 0.6) is 0 Å². The van der Waals surface area contributed by atoms with Crippen LogP contribution in [-0.2, 0) is 9.59 Å². The average Bonchev–Trinajstić information content (AvgIpc) is 2.71. The molecule has 0 bridgehead atoms. The summed E-state index contributed by atoms with van der Waals surface area (Å²) in [7, 11) is 0. The first kappa shape index (κ1) is 22.2. The summed E-state index contributed by atoms with van der Waals surface area (Å²) < 4.78 is 0. The van der Waals surface area contributed by atoms with Gasteiger partial charge in [-0.3, -0.25) is 4.79 Å². The highest BCUT2D eigenvalue weighted by atomic mass is 35.5. The molecular weight excluding hydrogens is 439 g/mol. The molecule has 31 heavy (non-hydrogen) atoms. The van der Waals surface area contributed by atoms with Gasteiger partial charge in [0.25, 0.3) is 0 Å². The number of fused-ring (bicyclic) bond motifs is 1. The summed E-state index contributed by atoms with van der Waals surface area (Å²) in [5, 5.41) is 27.3. The molecule has 1 aliphatic rings. The maximum atomic E-state index is 12.6. The Balaban J connectivity index is 1.77. The zero-order chi connectivity index (χ0) is 22.4. The third-order valence-electron chi connectivity index (χ3n) is 4.46. The topological polar surface area (TPSA) is 114 Å². The Labute approximate surface area is 189 Å². The largest absolute Gasteiger partial charge is 0.480 e. The van der Waals surface area contributed by atoms with Crippen molar-refractivity contribution in [2.75, 3.05) is 16.0 Å². The number of carboxylic acids is 1. The van der Waals surface area contributed by atoms with Crippen LogP contribution in [0, 0.1) is 11.3 Å². The highest BCUT2D eigenvalue weighted by Crippen LogP contribution is 2.40. The van der Waals surface area contributed by atoms with Gasteiger partial charge in [-0.15, -0.1) is 0 Å². The molecule has 0 aliphatic carbocycles. The molecular formula is C22H18Cl2N4O3. The smallest absolute Gasteiger partial charge is 0.326 e. The number of nitriles is 1. The molecule has 1 heterocycles. The second-order valence-electron chi connectivity index (χ2n) is 6.69. The predicted octanol–water partition coefficient (Wildman–Crippen LogP) is 5.12. The average molecular weight is 457 g/mol. The Hall–Kier alpha value is -3.47. The van der Waals surface area contributed by atoms with Crippen LogP contribution in [0.15, 0.2) is 54.8 Å². The minimum atomic E-state index is -1.04. The lowest BCUT2D eigenvalue weighted by molar-refractivity contribution is -0.137. The van der Waals surface area contributed by atoms with Gasteiger partial charge in [0.2, 0.25) is 5.91 Å². The minimum absolute atomic E-state index is 0.0923. The van der Waals surface area contributed by atoms with Gasteiger partial charge in [-0.05, 0) is 48.2 Å². The molecule has 3 rings (SSSR count). The lowest BCUT2D eigenvalue weighted by Crippen LogP contribution is -2.33. The predicted molar refractivity (Wildman–Crippen MR) is 122 cm³/mol. The molecule has 0 aromatic heterocycles. The number of benzene rings is 2. The lowest BCUT2D eigenvalue weighted by Gasteiger charge is -2.27. The van der Waals surface area contributed by atoms with Crippen LogP contribution in [0.25, 0.3) is 5.57 Å². The fourth-order valence-electron chi connectivity index (χ4n) is 3.11. The van der Waals surface area contributed by atoms with Gasteiger partial charge < -0.3 is 21.1 Å². The number of carbonyl (C=O) groups is 2. The van der Waals surface area contributed by atoms with Gasteiger partial charge in [-0.2, -0.15) is 5.26 Å². The lowest BCUT2D eigenvalue weighted by atomic mass is 9.92. The van der Waals surface area contributed by atoms with Crippen LogP contribution in [0.2, 0.25) is 10.0 Å². The maximum Gasteiger partial charge on any atom is 0.326 e. The number of hydrogen-bond acceptors (Lipinski definition) is 5. The van der Waals surface area contributed by atoms with Gasteiger partial charge in [0, 0.05) is 40.1 Å². The number of halogens is 2. The number of nitrogens with zero attached hydrogens (tertiary/aromatic N) is 1. The second kappa shape index (κ2) is 10.0. The van der Waals surface area contributed by atoms with Gasteiger partial charge in [0.15, 0.2) is 0 Å². The molecule has 1 unspecified atom stereocenters. The first-order valence-electron chi connectivity index (χ1n) is 9.26. The van der Waals surface area contributed by atoms with Crippen LogP contribution in [0.1, 0.15) is 18.4 Å². The summed E-state index contributed by atoms with van der Waals surface area (Å²) in [6, 6.07) is 11.2. The third-order valence-corrected chi connectivity index (χ3v) is 4.98. The SMILES string of the molecule is N#CC/C=C/Nc1ccc(NC(=O)/C=C2\CC(C(=O)O)Nc3cc(Cl)cc(Cl)c32)cc1. The van der Waals surface area contributed by atoms with E-state index in [0.29, 0.717) is 39.0 Å². The van der Waals surface area contributed by atoms with E-state index >= 15 is 0 Å². The Kier molecular flexibility index (Phi) is 7.19. The van der Waals surface area contributed by atoms with E-state index in [1.54, 1.807) is 48.7 Å². The van der Waals surface area contributed by atoms with Gasteiger partial charge >= 0.3 is 5.97 Å².